The van der Waals surface area contributed by atoms with Crippen LogP contribution in [0.25, 0.3) is 0 Å². The zero-order chi connectivity index (χ0) is 17.3. The molecular weight excluding hydrogens is 338 g/mol. The molecule has 1 saturated heterocycles. The third-order valence-electron chi connectivity index (χ3n) is 5.04. The van der Waals surface area contributed by atoms with Crippen molar-refractivity contribution in [2.24, 2.45) is 5.73 Å². The van der Waals surface area contributed by atoms with Gasteiger partial charge in [0.2, 0.25) is 16.9 Å². The Morgan fingerprint density at radius 3 is 2.40 bits per heavy atom. The third-order valence-corrected chi connectivity index (χ3v) is 6.12. The van der Waals surface area contributed by atoms with E-state index in [0.29, 0.717) is 10.8 Å². The molecule has 2 N–H and O–H groups in total. The Hall–Kier alpha value is -2.22. The summed E-state index contributed by atoms with van der Waals surface area (Å²) in [5.74, 6) is 1.02. The van der Waals surface area contributed by atoms with Crippen LogP contribution < -0.4 is 15.4 Å². The molecule has 0 aromatic carbocycles. The number of anilines is 1. The van der Waals surface area contributed by atoms with Crippen molar-refractivity contribution in [2.75, 3.05) is 18.0 Å². The van der Waals surface area contributed by atoms with Crippen molar-refractivity contribution in [1.29, 1.82) is 0 Å². The minimum atomic E-state index is -0.596. The first-order chi connectivity index (χ1) is 12.2. The van der Waals surface area contributed by atoms with Gasteiger partial charge in [0.1, 0.15) is 10.4 Å². The lowest BCUT2D eigenvalue weighted by Crippen LogP contribution is -2.46. The highest BCUT2D eigenvalue weighted by Gasteiger charge is 2.46. The summed E-state index contributed by atoms with van der Waals surface area (Å²) in [6.07, 6.45) is 11.2. The minimum absolute atomic E-state index is 0.297. The zero-order valence-corrected chi connectivity index (χ0v) is 14.8. The molecule has 2 aromatic rings. The molecule has 3 heterocycles. The SMILES string of the molecule is NC(=O)C1(c2ncc(Oc3cnc(N4CCCCC4)nc3)s2)CCC1. The number of aromatic nitrogens is 3. The van der Waals surface area contributed by atoms with E-state index < -0.39 is 5.41 Å². The first-order valence-electron chi connectivity index (χ1n) is 8.68. The summed E-state index contributed by atoms with van der Waals surface area (Å²) in [5, 5.41) is 1.36. The van der Waals surface area contributed by atoms with Crippen LogP contribution in [0.5, 0.6) is 10.8 Å². The number of hydrogen-bond donors (Lipinski definition) is 1. The molecule has 0 atom stereocenters. The zero-order valence-electron chi connectivity index (χ0n) is 14.0. The van der Waals surface area contributed by atoms with Gasteiger partial charge in [-0.3, -0.25) is 4.79 Å². The Balaban J connectivity index is 1.45. The van der Waals surface area contributed by atoms with Gasteiger partial charge in [-0.1, -0.05) is 17.8 Å². The van der Waals surface area contributed by atoms with Gasteiger partial charge in [0.25, 0.3) is 0 Å². The molecule has 2 fully saturated rings. The van der Waals surface area contributed by atoms with Crippen LogP contribution in [-0.2, 0) is 10.2 Å². The van der Waals surface area contributed by atoms with Crippen molar-refractivity contribution in [3.8, 4) is 10.8 Å². The van der Waals surface area contributed by atoms with E-state index in [9.17, 15) is 4.79 Å². The van der Waals surface area contributed by atoms with Crippen molar-refractivity contribution in [1.82, 2.24) is 15.0 Å². The van der Waals surface area contributed by atoms with Crippen LogP contribution in [0.15, 0.2) is 18.6 Å². The Morgan fingerprint density at radius 2 is 1.80 bits per heavy atom. The van der Waals surface area contributed by atoms with E-state index in [2.05, 4.69) is 19.9 Å². The molecule has 2 aromatic heterocycles. The monoisotopic (exact) mass is 359 g/mol. The molecule has 7 nitrogen and oxygen atoms in total. The number of carbonyl (C=O) groups excluding carboxylic acids is 1. The van der Waals surface area contributed by atoms with Crippen molar-refractivity contribution < 1.29 is 9.53 Å². The molecule has 1 aliphatic carbocycles. The predicted molar refractivity (Wildman–Crippen MR) is 95.0 cm³/mol. The number of amides is 1. The highest BCUT2D eigenvalue weighted by Crippen LogP contribution is 2.46. The number of hydrogen-bond acceptors (Lipinski definition) is 7. The predicted octanol–water partition coefficient (Wildman–Crippen LogP) is 2.62. The minimum Gasteiger partial charge on any atom is -0.442 e. The second kappa shape index (κ2) is 6.59. The fourth-order valence-corrected chi connectivity index (χ4v) is 4.40. The van der Waals surface area contributed by atoms with E-state index in [1.54, 1.807) is 18.6 Å². The molecule has 25 heavy (non-hydrogen) atoms. The maximum atomic E-state index is 11.8. The molecule has 4 rings (SSSR count). The normalized spacial score (nSPS) is 19.3. The molecule has 0 radical (unpaired) electrons. The molecular formula is C17H21N5O2S. The lowest BCUT2D eigenvalue weighted by atomic mass is 9.69. The van der Waals surface area contributed by atoms with Gasteiger partial charge >= 0.3 is 0 Å². The molecule has 132 valence electrons. The standard InChI is InChI=1S/C17H21N5O2S/c18-14(23)17(5-4-6-17)15-19-11-13(25-15)24-12-9-20-16(21-10-12)22-7-2-1-3-8-22/h9-11H,1-8H2,(H2,18,23). The number of ether oxygens (including phenoxy) is 1. The van der Waals surface area contributed by atoms with Crippen LogP contribution in [0.1, 0.15) is 43.5 Å². The third kappa shape index (κ3) is 3.06. The molecule has 0 unspecified atom stereocenters. The lowest BCUT2D eigenvalue weighted by molar-refractivity contribution is -0.126. The molecule has 2 aliphatic rings. The largest absolute Gasteiger partial charge is 0.442 e. The number of thiazole rings is 1. The summed E-state index contributed by atoms with van der Waals surface area (Å²) < 4.78 is 5.81. The number of nitrogens with zero attached hydrogens (tertiary/aromatic N) is 4. The van der Waals surface area contributed by atoms with Gasteiger partial charge in [0, 0.05) is 13.1 Å². The van der Waals surface area contributed by atoms with E-state index in [-0.39, 0.29) is 5.91 Å². The second-order valence-electron chi connectivity index (χ2n) is 6.65. The van der Waals surface area contributed by atoms with Crippen molar-refractivity contribution in [3.63, 3.8) is 0 Å². The summed E-state index contributed by atoms with van der Waals surface area (Å²) in [6.45, 7) is 2.02. The van der Waals surface area contributed by atoms with E-state index in [0.717, 1.165) is 43.3 Å². The fourth-order valence-electron chi connectivity index (χ4n) is 3.36. The second-order valence-corrected chi connectivity index (χ2v) is 7.65. The Morgan fingerprint density at radius 1 is 1.08 bits per heavy atom. The smallest absolute Gasteiger partial charge is 0.230 e. The molecule has 1 amide bonds. The van der Waals surface area contributed by atoms with Gasteiger partial charge in [-0.05, 0) is 32.1 Å². The average molecular weight is 359 g/mol. The lowest BCUT2D eigenvalue weighted by Gasteiger charge is -2.36. The summed E-state index contributed by atoms with van der Waals surface area (Å²) in [5.41, 5.74) is 4.98. The quantitative estimate of drug-likeness (QED) is 0.882. The molecule has 0 bridgehead atoms. The first-order valence-corrected chi connectivity index (χ1v) is 9.50. The van der Waals surface area contributed by atoms with Crippen molar-refractivity contribution in [2.45, 2.75) is 43.9 Å². The van der Waals surface area contributed by atoms with Gasteiger partial charge in [-0.25, -0.2) is 15.0 Å². The maximum absolute atomic E-state index is 11.8. The van der Waals surface area contributed by atoms with Crippen LogP contribution in [0.3, 0.4) is 0 Å². The fraction of sp³-hybridized carbons (Fsp3) is 0.529. The Bertz CT molecular complexity index is 751. The van der Waals surface area contributed by atoms with Crippen LogP contribution >= 0.6 is 11.3 Å². The van der Waals surface area contributed by atoms with Gasteiger partial charge in [0.05, 0.1) is 18.6 Å². The highest BCUT2D eigenvalue weighted by atomic mass is 32.1. The van der Waals surface area contributed by atoms with E-state index >= 15 is 0 Å². The van der Waals surface area contributed by atoms with E-state index in [1.807, 2.05) is 0 Å². The Labute approximate surface area is 150 Å². The summed E-state index contributed by atoms with van der Waals surface area (Å²) in [4.78, 5) is 27.2. The van der Waals surface area contributed by atoms with Gasteiger partial charge in [-0.15, -0.1) is 0 Å². The van der Waals surface area contributed by atoms with Crippen LogP contribution in [0, 0.1) is 0 Å². The number of piperidine rings is 1. The van der Waals surface area contributed by atoms with Crippen LogP contribution in [-0.4, -0.2) is 33.9 Å². The van der Waals surface area contributed by atoms with Gasteiger partial charge in [-0.2, -0.15) is 0 Å². The number of rotatable bonds is 5. The van der Waals surface area contributed by atoms with E-state index in [1.165, 1.54) is 30.6 Å². The van der Waals surface area contributed by atoms with Crippen molar-refractivity contribution in [3.05, 3.63) is 23.6 Å². The summed E-state index contributed by atoms with van der Waals surface area (Å²) >= 11 is 1.37. The van der Waals surface area contributed by atoms with Crippen molar-refractivity contribution >= 4 is 23.2 Å². The van der Waals surface area contributed by atoms with Crippen LogP contribution in [0.2, 0.25) is 0 Å². The topological polar surface area (TPSA) is 94.2 Å². The molecule has 1 aliphatic heterocycles. The molecule has 8 heteroatoms. The maximum Gasteiger partial charge on any atom is 0.230 e. The number of primary amides is 1. The first kappa shape index (κ1) is 16.3. The molecule has 0 spiro atoms. The number of nitrogens with two attached hydrogens (primary N) is 1. The summed E-state index contributed by atoms with van der Waals surface area (Å²) in [7, 11) is 0. The van der Waals surface area contributed by atoms with Crippen LogP contribution in [0.4, 0.5) is 5.95 Å². The Kier molecular flexibility index (Phi) is 4.29. The highest BCUT2D eigenvalue weighted by molar-refractivity contribution is 7.13. The molecule has 1 saturated carbocycles. The van der Waals surface area contributed by atoms with Gasteiger partial charge < -0.3 is 15.4 Å². The van der Waals surface area contributed by atoms with E-state index in [4.69, 9.17) is 10.5 Å². The average Bonchev–Trinajstić information content (AvgIpc) is 3.03. The van der Waals surface area contributed by atoms with Gasteiger partial charge in [0.15, 0.2) is 5.75 Å². The number of carbonyl (C=O) groups is 1. The summed E-state index contributed by atoms with van der Waals surface area (Å²) in [6, 6.07) is 0.